The van der Waals surface area contributed by atoms with Gasteiger partial charge in [0, 0.05) is 47.3 Å². The minimum absolute atomic E-state index is 0.786. The molecule has 0 aliphatic heterocycles. The number of anilines is 3. The summed E-state index contributed by atoms with van der Waals surface area (Å²) in [5.41, 5.74) is 10.3. The lowest BCUT2D eigenvalue weighted by molar-refractivity contribution is 1.13. The third-order valence-corrected chi connectivity index (χ3v) is 5.15. The number of hydrogen-bond donors (Lipinski definition) is 2. The maximum absolute atomic E-state index is 5.82. The third kappa shape index (κ3) is 2.88. The third-order valence-electron chi connectivity index (χ3n) is 3.87. The van der Waals surface area contributed by atoms with Gasteiger partial charge >= 0.3 is 0 Å². The van der Waals surface area contributed by atoms with Crippen LogP contribution in [-0.4, -0.2) is 14.1 Å². The molecule has 0 aliphatic rings. The Kier molecular flexibility index (Phi) is 3.94. The molecule has 3 aromatic rings. The first-order valence-electron chi connectivity index (χ1n) is 7.33. The van der Waals surface area contributed by atoms with Gasteiger partial charge in [0.1, 0.15) is 0 Å². The lowest BCUT2D eigenvalue weighted by Gasteiger charge is -2.12. The molecule has 0 radical (unpaired) electrons. The number of nitrogens with two attached hydrogens (primary N) is 1. The van der Waals surface area contributed by atoms with E-state index in [2.05, 4.69) is 49.4 Å². The van der Waals surface area contributed by atoms with Gasteiger partial charge in [0.15, 0.2) is 0 Å². The molecule has 1 heterocycles. The molecular formula is C18H21N3S. The summed E-state index contributed by atoms with van der Waals surface area (Å²) in [5, 5.41) is 4.81. The summed E-state index contributed by atoms with van der Waals surface area (Å²) < 4.78 is 1.34. The van der Waals surface area contributed by atoms with Crippen molar-refractivity contribution in [3.05, 3.63) is 52.9 Å². The Morgan fingerprint density at radius 2 is 1.95 bits per heavy atom. The Morgan fingerprint density at radius 1 is 1.14 bits per heavy atom. The fourth-order valence-corrected chi connectivity index (χ4v) is 3.67. The van der Waals surface area contributed by atoms with Gasteiger partial charge < -0.3 is 16.0 Å². The van der Waals surface area contributed by atoms with E-state index >= 15 is 0 Å². The van der Waals surface area contributed by atoms with Crippen molar-refractivity contribution < 1.29 is 0 Å². The molecule has 22 heavy (non-hydrogen) atoms. The Labute approximate surface area is 135 Å². The molecule has 114 valence electrons. The molecule has 0 bridgehead atoms. The number of benzene rings is 2. The van der Waals surface area contributed by atoms with Gasteiger partial charge in [-0.25, -0.2) is 0 Å². The van der Waals surface area contributed by atoms with Gasteiger partial charge in [0.05, 0.1) is 0 Å². The molecule has 3 rings (SSSR count). The summed E-state index contributed by atoms with van der Waals surface area (Å²) in [7, 11) is 4.15. The second kappa shape index (κ2) is 5.89. The van der Waals surface area contributed by atoms with E-state index in [1.807, 2.05) is 35.6 Å². The SMILES string of the molecule is Cc1c(CNc2cccc(N)c2)sc2ccc(N(C)C)cc12. The first-order chi connectivity index (χ1) is 10.5. The zero-order chi connectivity index (χ0) is 15.7. The van der Waals surface area contributed by atoms with Gasteiger partial charge in [0.2, 0.25) is 0 Å². The number of thiophene rings is 1. The van der Waals surface area contributed by atoms with E-state index in [9.17, 15) is 0 Å². The summed E-state index contributed by atoms with van der Waals surface area (Å²) in [4.78, 5) is 3.51. The molecule has 4 heteroatoms. The van der Waals surface area contributed by atoms with Gasteiger partial charge in [-0.15, -0.1) is 11.3 Å². The standard InChI is InChI=1S/C18H21N3S/c1-12-16-10-15(21(2)3)7-8-17(16)22-18(12)11-20-14-6-4-5-13(19)9-14/h4-10,20H,11,19H2,1-3H3. The van der Waals surface area contributed by atoms with Crippen molar-refractivity contribution in [1.29, 1.82) is 0 Å². The van der Waals surface area contributed by atoms with Crippen LogP contribution in [0.4, 0.5) is 17.1 Å². The molecule has 0 saturated heterocycles. The second-order valence-electron chi connectivity index (χ2n) is 5.70. The van der Waals surface area contributed by atoms with E-state index < -0.39 is 0 Å². The highest BCUT2D eigenvalue weighted by Crippen LogP contribution is 2.33. The zero-order valence-electron chi connectivity index (χ0n) is 13.2. The fraction of sp³-hybridized carbons (Fsp3) is 0.222. The Bertz CT molecular complexity index is 805. The molecule has 1 aromatic heterocycles. The predicted octanol–water partition coefficient (Wildman–Crippen LogP) is 4.47. The van der Waals surface area contributed by atoms with E-state index in [1.54, 1.807) is 0 Å². The summed E-state index contributed by atoms with van der Waals surface area (Å²) in [5.74, 6) is 0. The first kappa shape index (κ1) is 14.7. The van der Waals surface area contributed by atoms with Crippen molar-refractivity contribution in [2.45, 2.75) is 13.5 Å². The second-order valence-corrected chi connectivity index (χ2v) is 6.84. The van der Waals surface area contributed by atoms with Crippen molar-refractivity contribution in [2.75, 3.05) is 30.0 Å². The summed E-state index contributed by atoms with van der Waals surface area (Å²) in [6.07, 6.45) is 0. The smallest absolute Gasteiger partial charge is 0.0497 e. The predicted molar refractivity (Wildman–Crippen MR) is 99.1 cm³/mol. The van der Waals surface area contributed by atoms with E-state index in [4.69, 9.17) is 5.73 Å². The van der Waals surface area contributed by atoms with Crippen LogP contribution in [0.25, 0.3) is 10.1 Å². The Morgan fingerprint density at radius 3 is 2.68 bits per heavy atom. The normalized spacial score (nSPS) is 10.9. The van der Waals surface area contributed by atoms with Crippen LogP contribution in [0.3, 0.4) is 0 Å². The lowest BCUT2D eigenvalue weighted by atomic mass is 10.1. The highest BCUT2D eigenvalue weighted by Gasteiger charge is 2.09. The van der Waals surface area contributed by atoms with Gasteiger partial charge in [-0.2, -0.15) is 0 Å². The van der Waals surface area contributed by atoms with Gasteiger partial charge in [-0.3, -0.25) is 0 Å². The van der Waals surface area contributed by atoms with Gasteiger partial charge in [-0.1, -0.05) is 6.07 Å². The largest absolute Gasteiger partial charge is 0.399 e. The molecule has 0 spiro atoms. The number of nitrogens with zero attached hydrogens (tertiary/aromatic N) is 1. The molecule has 0 amide bonds. The van der Waals surface area contributed by atoms with E-state index in [0.29, 0.717) is 0 Å². The van der Waals surface area contributed by atoms with Crippen LogP contribution in [0.5, 0.6) is 0 Å². The molecule has 3 nitrogen and oxygen atoms in total. The van der Waals surface area contributed by atoms with Crippen molar-refractivity contribution in [3.63, 3.8) is 0 Å². The summed E-state index contributed by atoms with van der Waals surface area (Å²) in [6, 6.07) is 14.5. The lowest BCUT2D eigenvalue weighted by Crippen LogP contribution is -2.07. The quantitative estimate of drug-likeness (QED) is 0.698. The molecule has 0 saturated carbocycles. The van der Waals surface area contributed by atoms with Gasteiger partial charge in [0.25, 0.3) is 0 Å². The number of nitrogens with one attached hydrogen (secondary N) is 1. The average molecular weight is 311 g/mol. The number of rotatable bonds is 4. The van der Waals surface area contributed by atoms with Crippen LogP contribution in [0.2, 0.25) is 0 Å². The van der Waals surface area contributed by atoms with Crippen LogP contribution < -0.4 is 16.0 Å². The maximum atomic E-state index is 5.82. The summed E-state index contributed by atoms with van der Waals surface area (Å²) >= 11 is 1.86. The summed E-state index contributed by atoms with van der Waals surface area (Å²) in [6.45, 7) is 3.03. The van der Waals surface area contributed by atoms with Crippen molar-refractivity contribution in [3.8, 4) is 0 Å². The molecule has 0 aliphatic carbocycles. The fourth-order valence-electron chi connectivity index (χ4n) is 2.54. The van der Waals surface area contributed by atoms with E-state index in [0.717, 1.165) is 17.9 Å². The number of nitrogen functional groups attached to an aromatic ring is 1. The monoisotopic (exact) mass is 311 g/mol. The molecule has 0 unspecified atom stereocenters. The van der Waals surface area contributed by atoms with Crippen molar-refractivity contribution in [2.24, 2.45) is 0 Å². The van der Waals surface area contributed by atoms with Crippen LogP contribution in [-0.2, 0) is 6.54 Å². The minimum atomic E-state index is 0.786. The first-order valence-corrected chi connectivity index (χ1v) is 8.15. The van der Waals surface area contributed by atoms with Gasteiger partial charge in [-0.05, 0) is 54.3 Å². The Hall–Kier alpha value is -2.20. The highest BCUT2D eigenvalue weighted by molar-refractivity contribution is 7.19. The van der Waals surface area contributed by atoms with Crippen LogP contribution in [0, 0.1) is 6.92 Å². The maximum Gasteiger partial charge on any atom is 0.0497 e. The van der Waals surface area contributed by atoms with Crippen LogP contribution >= 0.6 is 11.3 Å². The Balaban J connectivity index is 1.86. The number of aryl methyl sites for hydroxylation is 1. The van der Waals surface area contributed by atoms with Crippen molar-refractivity contribution in [1.82, 2.24) is 0 Å². The zero-order valence-corrected chi connectivity index (χ0v) is 14.0. The number of fused-ring (bicyclic) bond motifs is 1. The van der Waals surface area contributed by atoms with Crippen LogP contribution in [0.15, 0.2) is 42.5 Å². The molecule has 0 atom stereocenters. The van der Waals surface area contributed by atoms with E-state index in [1.165, 1.54) is 26.2 Å². The van der Waals surface area contributed by atoms with Crippen LogP contribution in [0.1, 0.15) is 10.4 Å². The molecule has 2 aromatic carbocycles. The number of hydrogen-bond acceptors (Lipinski definition) is 4. The molecular weight excluding hydrogens is 290 g/mol. The minimum Gasteiger partial charge on any atom is -0.399 e. The van der Waals surface area contributed by atoms with Crippen molar-refractivity contribution >= 4 is 38.5 Å². The molecule has 0 fully saturated rings. The molecule has 3 N–H and O–H groups in total. The van der Waals surface area contributed by atoms with E-state index in [-0.39, 0.29) is 0 Å². The highest BCUT2D eigenvalue weighted by atomic mass is 32.1. The topological polar surface area (TPSA) is 41.3 Å². The average Bonchev–Trinajstić information content (AvgIpc) is 2.81.